The van der Waals surface area contributed by atoms with E-state index in [9.17, 15) is 18.3 Å². The molecule has 2 nitrogen and oxygen atoms in total. The second kappa shape index (κ2) is 3.61. The Kier molecular flexibility index (Phi) is 2.84. The number of rotatable bonds is 1. The Morgan fingerprint density at radius 3 is 2.36 bits per heavy atom. The average Bonchev–Trinajstić information content (AvgIpc) is 2.29. The Morgan fingerprint density at radius 2 is 2.00 bits per heavy atom. The molecule has 0 aliphatic heterocycles. The quantitative estimate of drug-likeness (QED) is 0.681. The number of thiazole rings is 1. The second-order valence-corrected chi connectivity index (χ2v) is 3.93. The summed E-state index contributed by atoms with van der Waals surface area (Å²) in [6, 6.07) is 0. The Hall–Kier alpha value is -1.04. The first kappa shape index (κ1) is 11.0. The van der Waals surface area contributed by atoms with Crippen LogP contribution < -0.4 is 5.11 Å². The van der Waals surface area contributed by atoms with E-state index in [1.54, 1.807) is 13.8 Å². The van der Waals surface area contributed by atoms with Crippen LogP contribution in [0.4, 0.5) is 13.2 Å². The fourth-order valence-corrected chi connectivity index (χ4v) is 1.61. The molecule has 6 heteroatoms. The first-order valence-corrected chi connectivity index (χ1v) is 4.52. The zero-order valence-electron chi connectivity index (χ0n) is 7.47. The minimum atomic E-state index is -4.81. The van der Waals surface area contributed by atoms with Gasteiger partial charge in [0.25, 0.3) is 0 Å². The number of hydrogen-bond donors (Lipinski definition) is 0. The maximum atomic E-state index is 11.8. The van der Waals surface area contributed by atoms with Gasteiger partial charge in [0.05, 0.1) is 5.69 Å². The molecule has 1 rings (SSSR count). The zero-order chi connectivity index (χ0) is 10.9. The van der Waals surface area contributed by atoms with Crippen LogP contribution in [0.15, 0.2) is 5.76 Å². The van der Waals surface area contributed by atoms with Crippen LogP contribution in [0.1, 0.15) is 15.6 Å². The number of allylic oxidation sites excluding steroid dienone is 1. The fourth-order valence-electron chi connectivity index (χ4n) is 0.753. The summed E-state index contributed by atoms with van der Waals surface area (Å²) in [6.45, 7) is 3.42. The molecular weight excluding hydrogens is 215 g/mol. The third kappa shape index (κ3) is 2.47. The lowest BCUT2D eigenvalue weighted by molar-refractivity contribution is -0.357. The van der Waals surface area contributed by atoms with Crippen molar-refractivity contribution in [2.75, 3.05) is 0 Å². The summed E-state index contributed by atoms with van der Waals surface area (Å²) in [5.74, 6) is -1.87. The van der Waals surface area contributed by atoms with Gasteiger partial charge in [-0.3, -0.25) is 0 Å². The minimum Gasteiger partial charge on any atom is -0.869 e. The molecule has 0 N–H and O–H groups in total. The number of hydrogen-bond acceptors (Lipinski definition) is 3. The third-order valence-electron chi connectivity index (χ3n) is 1.58. The molecule has 0 aliphatic rings. The average molecular weight is 222 g/mol. The topological polar surface area (TPSA) is 36.0 Å². The van der Waals surface area contributed by atoms with Crippen molar-refractivity contribution >= 4 is 17.4 Å². The van der Waals surface area contributed by atoms with Gasteiger partial charge in [0.15, 0.2) is 0 Å². The molecule has 1 heterocycles. The van der Waals surface area contributed by atoms with Crippen LogP contribution in [-0.4, -0.2) is 11.2 Å². The van der Waals surface area contributed by atoms with Crippen molar-refractivity contribution in [2.24, 2.45) is 0 Å². The van der Waals surface area contributed by atoms with Gasteiger partial charge in [-0.15, -0.1) is 11.3 Å². The highest BCUT2D eigenvalue weighted by atomic mass is 32.1. The van der Waals surface area contributed by atoms with Crippen LogP contribution in [0.2, 0.25) is 0 Å². The Morgan fingerprint density at radius 1 is 1.43 bits per heavy atom. The van der Waals surface area contributed by atoms with Gasteiger partial charge in [-0.05, 0) is 25.7 Å². The van der Waals surface area contributed by atoms with E-state index in [2.05, 4.69) is 4.98 Å². The molecule has 0 bridgehead atoms. The fraction of sp³-hybridized carbons (Fsp3) is 0.375. The molecule has 0 fully saturated rings. The molecule has 0 amide bonds. The lowest BCUT2D eigenvalue weighted by Crippen LogP contribution is -2.22. The van der Waals surface area contributed by atoms with E-state index in [1.165, 1.54) is 0 Å². The van der Waals surface area contributed by atoms with Gasteiger partial charge < -0.3 is 5.11 Å². The Labute approximate surface area is 82.7 Å². The summed E-state index contributed by atoms with van der Waals surface area (Å²) in [7, 11) is 0. The first-order chi connectivity index (χ1) is 6.30. The van der Waals surface area contributed by atoms with Gasteiger partial charge in [0.2, 0.25) is 0 Å². The molecular formula is C8H7F3NOS-. The summed E-state index contributed by atoms with van der Waals surface area (Å²) in [5, 5.41) is 10.6. The van der Waals surface area contributed by atoms with Gasteiger partial charge in [-0.2, -0.15) is 13.2 Å². The molecule has 0 atom stereocenters. The van der Waals surface area contributed by atoms with Crippen LogP contribution in [-0.2, 0) is 0 Å². The number of nitrogens with zero attached hydrogens (tertiary/aromatic N) is 1. The smallest absolute Gasteiger partial charge is 0.402 e. The number of halogens is 3. The highest BCUT2D eigenvalue weighted by molar-refractivity contribution is 7.12. The Bertz CT molecular complexity index is 348. The van der Waals surface area contributed by atoms with Crippen molar-refractivity contribution in [2.45, 2.75) is 20.0 Å². The third-order valence-corrected chi connectivity index (χ3v) is 2.60. The van der Waals surface area contributed by atoms with E-state index in [0.29, 0.717) is 11.8 Å². The van der Waals surface area contributed by atoms with Crippen LogP contribution in [0.25, 0.3) is 6.08 Å². The summed E-state index contributed by atoms with van der Waals surface area (Å²) >= 11 is 1.07. The van der Waals surface area contributed by atoms with Crippen molar-refractivity contribution in [3.63, 3.8) is 0 Å². The van der Waals surface area contributed by atoms with Gasteiger partial charge >= 0.3 is 6.18 Å². The maximum absolute atomic E-state index is 11.8. The molecule has 0 radical (unpaired) electrons. The molecule has 0 aromatic carbocycles. The van der Waals surface area contributed by atoms with E-state index >= 15 is 0 Å². The minimum absolute atomic E-state index is 0.0994. The standard InChI is InChI=1S/C8H8F3NOS/c1-4-5(2)14-7(12-4)3-6(13)8(9,10)11/h3,13H,1-2H3/p-1/b6-3-. The van der Waals surface area contributed by atoms with Crippen molar-refractivity contribution in [1.29, 1.82) is 0 Å². The van der Waals surface area contributed by atoms with Crippen LogP contribution in [0.3, 0.4) is 0 Å². The lowest BCUT2D eigenvalue weighted by atomic mass is 10.4. The highest BCUT2D eigenvalue weighted by Crippen LogP contribution is 2.25. The molecule has 0 saturated heterocycles. The van der Waals surface area contributed by atoms with Crippen molar-refractivity contribution < 1.29 is 18.3 Å². The summed E-state index contributed by atoms with van der Waals surface area (Å²) in [6.07, 6.45) is -4.29. The normalized spacial score (nSPS) is 13.4. The van der Waals surface area contributed by atoms with Gasteiger partial charge in [-0.25, -0.2) is 4.98 Å². The SMILES string of the molecule is Cc1nc(/C=C(\[O-])C(F)(F)F)sc1C. The van der Waals surface area contributed by atoms with E-state index in [-0.39, 0.29) is 5.01 Å². The van der Waals surface area contributed by atoms with E-state index < -0.39 is 11.9 Å². The van der Waals surface area contributed by atoms with E-state index in [0.717, 1.165) is 16.2 Å². The lowest BCUT2D eigenvalue weighted by Gasteiger charge is -2.14. The monoisotopic (exact) mass is 222 g/mol. The molecule has 0 unspecified atom stereocenters. The van der Waals surface area contributed by atoms with Gasteiger partial charge in [0.1, 0.15) is 5.01 Å². The molecule has 78 valence electrons. The molecule has 0 aliphatic carbocycles. The molecule has 0 spiro atoms. The zero-order valence-corrected chi connectivity index (χ0v) is 8.29. The molecule has 1 aromatic heterocycles. The largest absolute Gasteiger partial charge is 0.869 e. The maximum Gasteiger partial charge on any atom is 0.402 e. The predicted molar refractivity (Wildman–Crippen MR) is 45.6 cm³/mol. The summed E-state index contributed by atoms with van der Waals surface area (Å²) < 4.78 is 35.5. The van der Waals surface area contributed by atoms with Crippen LogP contribution in [0, 0.1) is 13.8 Å². The highest BCUT2D eigenvalue weighted by Gasteiger charge is 2.26. The van der Waals surface area contributed by atoms with Gasteiger partial charge in [-0.1, -0.05) is 0 Å². The molecule has 1 aromatic rings. The van der Waals surface area contributed by atoms with E-state index in [1.807, 2.05) is 0 Å². The molecule has 14 heavy (non-hydrogen) atoms. The van der Waals surface area contributed by atoms with Crippen LogP contribution in [0.5, 0.6) is 0 Å². The predicted octanol–water partition coefficient (Wildman–Crippen LogP) is 2.02. The number of aromatic nitrogens is 1. The Balaban J connectivity index is 2.98. The summed E-state index contributed by atoms with van der Waals surface area (Å²) in [5.41, 5.74) is 0.649. The summed E-state index contributed by atoms with van der Waals surface area (Å²) in [4.78, 5) is 4.62. The van der Waals surface area contributed by atoms with E-state index in [4.69, 9.17) is 0 Å². The van der Waals surface area contributed by atoms with Crippen molar-refractivity contribution in [1.82, 2.24) is 4.98 Å². The van der Waals surface area contributed by atoms with Crippen molar-refractivity contribution in [3.8, 4) is 0 Å². The number of aryl methyl sites for hydroxylation is 2. The first-order valence-electron chi connectivity index (χ1n) is 3.70. The number of alkyl halides is 3. The van der Waals surface area contributed by atoms with Crippen molar-refractivity contribution in [3.05, 3.63) is 21.3 Å². The van der Waals surface area contributed by atoms with Gasteiger partial charge in [0, 0.05) is 4.88 Å². The second-order valence-electron chi connectivity index (χ2n) is 2.70. The van der Waals surface area contributed by atoms with Crippen LogP contribution >= 0.6 is 11.3 Å². The molecule has 0 saturated carbocycles.